The minimum absolute atomic E-state index is 0.274. The first kappa shape index (κ1) is 19.1. The quantitative estimate of drug-likeness (QED) is 0.290. The predicted molar refractivity (Wildman–Crippen MR) is 94.0 cm³/mol. The normalized spacial score (nSPS) is 47.7. The topological polar surface area (TPSA) is 121 Å². The third-order valence-electron chi connectivity index (χ3n) is 4.66. The third-order valence-corrected chi connectivity index (χ3v) is 41.9. The van der Waals surface area contributed by atoms with Gasteiger partial charge in [0.2, 0.25) is 0 Å². The molecule has 1 saturated heterocycles. The van der Waals surface area contributed by atoms with E-state index >= 15 is 0 Å². The molecule has 1 rings (SSSR count). The standard InChI is InChI=1S/C8H28O6Si6/c1-17(2,11)8-18(3,12)6-20(14,5-15-9)7(16-10)19(8,4)13/h7-14H,5-6,15-16H2,1-4H3. The van der Waals surface area contributed by atoms with Crippen molar-refractivity contribution in [2.24, 2.45) is 0 Å². The molecule has 5 unspecified atom stereocenters. The Morgan fingerprint density at radius 3 is 2.00 bits per heavy atom. The van der Waals surface area contributed by atoms with E-state index in [4.69, 9.17) is 0 Å². The Kier molecular flexibility index (Phi) is 5.67. The molecule has 120 valence electrons. The first-order valence-corrected chi connectivity index (χ1v) is 20.8. The molecule has 6 nitrogen and oxygen atoms in total. The maximum Gasteiger partial charge on any atom is 0.189 e. The van der Waals surface area contributed by atoms with Crippen LogP contribution in [0.1, 0.15) is 0 Å². The monoisotopic (exact) mass is 388 g/mol. The van der Waals surface area contributed by atoms with Crippen molar-refractivity contribution in [1.82, 2.24) is 0 Å². The summed E-state index contributed by atoms with van der Waals surface area (Å²) in [6.45, 7) is 6.86. The minimum Gasteiger partial charge on any atom is -0.438 e. The Balaban J connectivity index is 3.36. The Labute approximate surface area is 128 Å². The van der Waals surface area contributed by atoms with E-state index in [-0.39, 0.29) is 5.67 Å². The second-order valence-electron chi connectivity index (χ2n) is 7.16. The summed E-state index contributed by atoms with van der Waals surface area (Å²) in [7, 11) is -14.9. The molecule has 12 heteroatoms. The first-order chi connectivity index (χ1) is 8.83. The SMILES string of the molecule is C[Si](C)(O)C1[Si](C)(O)C[Si](O)(C[SiH2]O)C([SiH2]O)[Si]1(C)O. The summed E-state index contributed by atoms with van der Waals surface area (Å²) in [5, 5.41) is 0. The summed E-state index contributed by atoms with van der Waals surface area (Å²) < 4.78 is 0. The van der Waals surface area contributed by atoms with Crippen molar-refractivity contribution in [3.8, 4) is 0 Å². The lowest BCUT2D eigenvalue weighted by Gasteiger charge is -2.56. The highest BCUT2D eigenvalue weighted by atomic mass is 28.5. The Hall–Kier alpha value is 1.06. The smallest absolute Gasteiger partial charge is 0.189 e. The van der Waals surface area contributed by atoms with Crippen LogP contribution in [0.4, 0.5) is 0 Å². The van der Waals surface area contributed by atoms with Gasteiger partial charge in [-0.3, -0.25) is 0 Å². The molecule has 0 spiro atoms. The molecule has 0 aromatic rings. The first-order valence-electron chi connectivity index (χ1n) is 6.94. The summed E-state index contributed by atoms with van der Waals surface area (Å²) >= 11 is 0. The molecule has 0 amide bonds. The zero-order chi connectivity index (χ0) is 16.0. The molecule has 1 aliphatic heterocycles. The highest BCUT2D eigenvalue weighted by Gasteiger charge is 2.69. The molecule has 5 atom stereocenters. The second-order valence-corrected chi connectivity index (χ2v) is 30.0. The summed E-state index contributed by atoms with van der Waals surface area (Å²) in [5.74, 6) is 0. The number of hydrogen-bond donors (Lipinski definition) is 6. The van der Waals surface area contributed by atoms with Crippen molar-refractivity contribution in [2.75, 3.05) is 0 Å². The lowest BCUT2D eigenvalue weighted by atomic mass is 11.7. The van der Waals surface area contributed by atoms with Crippen molar-refractivity contribution in [1.29, 1.82) is 0 Å². The van der Waals surface area contributed by atoms with Crippen molar-refractivity contribution >= 4 is 52.8 Å². The van der Waals surface area contributed by atoms with Crippen LogP contribution in [0.25, 0.3) is 0 Å². The molecule has 0 bridgehead atoms. The predicted octanol–water partition coefficient (Wildman–Crippen LogP) is -2.77. The molecule has 6 N–H and O–H groups in total. The fourth-order valence-electron chi connectivity index (χ4n) is 4.51. The lowest BCUT2D eigenvalue weighted by molar-refractivity contribution is 0.458. The molecule has 0 radical (unpaired) electrons. The second kappa shape index (κ2) is 5.93. The Morgan fingerprint density at radius 1 is 1.15 bits per heavy atom. The van der Waals surface area contributed by atoms with E-state index in [9.17, 15) is 28.8 Å². The molecular weight excluding hydrogens is 361 g/mol. The van der Waals surface area contributed by atoms with E-state index < -0.39 is 62.4 Å². The molecule has 1 aliphatic rings. The van der Waals surface area contributed by atoms with E-state index in [1.54, 1.807) is 26.2 Å². The van der Waals surface area contributed by atoms with Gasteiger partial charge in [-0.2, -0.15) is 0 Å². The van der Waals surface area contributed by atoms with E-state index in [2.05, 4.69) is 0 Å². The van der Waals surface area contributed by atoms with Gasteiger partial charge in [0.25, 0.3) is 0 Å². The van der Waals surface area contributed by atoms with Crippen LogP contribution in [0.2, 0.25) is 47.1 Å². The van der Waals surface area contributed by atoms with E-state index in [0.717, 1.165) is 0 Å². The molecule has 0 saturated carbocycles. The lowest BCUT2D eigenvalue weighted by Crippen LogP contribution is -2.75. The maximum atomic E-state index is 11.1. The van der Waals surface area contributed by atoms with Crippen molar-refractivity contribution in [2.45, 2.75) is 47.1 Å². The molecule has 20 heavy (non-hydrogen) atoms. The van der Waals surface area contributed by atoms with Crippen molar-refractivity contribution in [3.63, 3.8) is 0 Å². The van der Waals surface area contributed by atoms with Gasteiger partial charge in [-0.25, -0.2) is 0 Å². The summed E-state index contributed by atoms with van der Waals surface area (Å²) in [6.07, 6.45) is 0. The van der Waals surface area contributed by atoms with Gasteiger partial charge in [-0.15, -0.1) is 0 Å². The molecule has 1 heterocycles. The fourth-order valence-corrected chi connectivity index (χ4v) is 53.0. The molecule has 1 fully saturated rings. The highest BCUT2D eigenvalue weighted by molar-refractivity contribution is 7.21. The molecule has 0 aromatic heterocycles. The maximum absolute atomic E-state index is 11.1. The molecule has 0 aromatic carbocycles. The number of rotatable bonds is 4. The number of hydrogen-bond acceptors (Lipinski definition) is 6. The minimum atomic E-state index is -3.13. The zero-order valence-electron chi connectivity index (χ0n) is 12.7. The van der Waals surface area contributed by atoms with Gasteiger partial charge in [-0.05, 0) is 37.5 Å². The average molecular weight is 389 g/mol. The van der Waals surface area contributed by atoms with Crippen LogP contribution in [0.15, 0.2) is 0 Å². The van der Waals surface area contributed by atoms with Crippen molar-refractivity contribution in [3.05, 3.63) is 0 Å². The highest BCUT2D eigenvalue weighted by Crippen LogP contribution is 2.52. The van der Waals surface area contributed by atoms with Crippen LogP contribution >= 0.6 is 0 Å². The van der Waals surface area contributed by atoms with Gasteiger partial charge in [0, 0.05) is 9.58 Å². The average Bonchev–Trinajstić information content (AvgIpc) is 2.10. The fraction of sp³-hybridized carbons (Fsp3) is 1.00. The van der Waals surface area contributed by atoms with Crippen LogP contribution in [-0.4, -0.2) is 81.6 Å². The van der Waals surface area contributed by atoms with Gasteiger partial charge in [0.1, 0.15) is 0 Å². The molecule has 0 aliphatic carbocycles. The van der Waals surface area contributed by atoms with Crippen LogP contribution in [-0.2, 0) is 0 Å². The van der Waals surface area contributed by atoms with Crippen LogP contribution in [0.3, 0.4) is 0 Å². The van der Waals surface area contributed by atoms with Gasteiger partial charge < -0.3 is 28.8 Å². The Morgan fingerprint density at radius 2 is 1.65 bits per heavy atom. The van der Waals surface area contributed by atoms with Gasteiger partial charge in [0.15, 0.2) is 52.8 Å². The zero-order valence-corrected chi connectivity index (χ0v) is 19.5. The van der Waals surface area contributed by atoms with E-state index in [0.29, 0.717) is 5.67 Å². The third kappa shape index (κ3) is 3.35. The Bertz CT molecular complexity index is 360. The van der Waals surface area contributed by atoms with E-state index in [1.807, 2.05) is 0 Å². The van der Waals surface area contributed by atoms with Crippen molar-refractivity contribution < 1.29 is 28.8 Å². The molecular formula is C8H28O6Si6. The summed E-state index contributed by atoms with van der Waals surface area (Å²) in [4.78, 5) is 61.8. The van der Waals surface area contributed by atoms with Gasteiger partial charge in [-0.1, -0.05) is 0 Å². The largest absolute Gasteiger partial charge is 0.438 e. The van der Waals surface area contributed by atoms with Crippen LogP contribution in [0, 0.1) is 0 Å². The van der Waals surface area contributed by atoms with Gasteiger partial charge in [0.05, 0.1) is 0 Å². The van der Waals surface area contributed by atoms with Crippen LogP contribution in [0.5, 0.6) is 0 Å². The summed E-state index contributed by atoms with van der Waals surface area (Å²) in [6, 6.07) is 0. The van der Waals surface area contributed by atoms with Gasteiger partial charge >= 0.3 is 0 Å². The summed E-state index contributed by atoms with van der Waals surface area (Å²) in [5.41, 5.74) is 0.605. The van der Waals surface area contributed by atoms with Crippen LogP contribution < -0.4 is 0 Å². The van der Waals surface area contributed by atoms with E-state index in [1.165, 1.54) is 0 Å².